The van der Waals surface area contributed by atoms with Crippen LogP contribution in [-0.2, 0) is 6.54 Å². The normalized spacial score (nSPS) is 13.2. The molecule has 1 unspecified atom stereocenters. The molecule has 5 heteroatoms. The van der Waals surface area contributed by atoms with Crippen molar-refractivity contribution >= 4 is 5.96 Å². The largest absolute Gasteiger partial charge is 0.496 e. The van der Waals surface area contributed by atoms with E-state index in [0.717, 1.165) is 28.5 Å². The van der Waals surface area contributed by atoms with Crippen LogP contribution in [0.5, 0.6) is 5.75 Å². The lowest BCUT2D eigenvalue weighted by atomic mass is 10.1. The zero-order valence-electron chi connectivity index (χ0n) is 14.2. The molecule has 0 saturated carbocycles. The van der Waals surface area contributed by atoms with E-state index in [2.05, 4.69) is 41.4 Å². The molecule has 1 aromatic rings. The van der Waals surface area contributed by atoms with Gasteiger partial charge in [-0.05, 0) is 26.7 Å². The summed E-state index contributed by atoms with van der Waals surface area (Å²) in [5.74, 6) is 2.24. The molecule has 0 aliphatic heterocycles. The highest BCUT2D eigenvalue weighted by atomic mass is 16.5. The second-order valence-electron chi connectivity index (χ2n) is 5.65. The first kappa shape index (κ1) is 17.3. The first-order valence-electron chi connectivity index (χ1n) is 7.36. The predicted octanol–water partition coefficient (Wildman–Crippen LogP) is 2.42. The van der Waals surface area contributed by atoms with E-state index in [9.17, 15) is 0 Å². The molecule has 0 saturated heterocycles. The molecular weight excluding hydrogens is 264 g/mol. The van der Waals surface area contributed by atoms with Crippen molar-refractivity contribution in [2.24, 2.45) is 10.9 Å². The van der Waals surface area contributed by atoms with Crippen LogP contribution in [-0.4, -0.2) is 31.1 Å². The fourth-order valence-corrected chi connectivity index (χ4v) is 1.99. The number of guanidine groups is 1. The van der Waals surface area contributed by atoms with Gasteiger partial charge in [-0.3, -0.25) is 9.98 Å². The topological polar surface area (TPSA) is 58.5 Å². The van der Waals surface area contributed by atoms with Gasteiger partial charge in [-0.2, -0.15) is 0 Å². The van der Waals surface area contributed by atoms with Crippen molar-refractivity contribution in [3.63, 3.8) is 0 Å². The summed E-state index contributed by atoms with van der Waals surface area (Å²) in [4.78, 5) is 8.73. The number of hydrogen-bond acceptors (Lipinski definition) is 3. The summed E-state index contributed by atoms with van der Waals surface area (Å²) in [6, 6.07) is 0.359. The van der Waals surface area contributed by atoms with Gasteiger partial charge in [0.2, 0.25) is 0 Å². The number of nitrogens with one attached hydrogen (secondary N) is 2. The molecule has 0 spiro atoms. The van der Waals surface area contributed by atoms with Gasteiger partial charge in [0.15, 0.2) is 5.96 Å². The number of aromatic nitrogens is 1. The Bertz CT molecular complexity index is 497. The monoisotopic (exact) mass is 292 g/mol. The first-order valence-corrected chi connectivity index (χ1v) is 7.36. The highest BCUT2D eigenvalue weighted by molar-refractivity contribution is 5.79. The lowest BCUT2D eigenvalue weighted by Crippen LogP contribution is -2.44. The van der Waals surface area contributed by atoms with Crippen molar-refractivity contribution in [3.8, 4) is 5.75 Å². The van der Waals surface area contributed by atoms with Crippen molar-refractivity contribution in [1.82, 2.24) is 15.6 Å². The van der Waals surface area contributed by atoms with Crippen molar-refractivity contribution < 1.29 is 4.74 Å². The fourth-order valence-electron chi connectivity index (χ4n) is 1.99. The second kappa shape index (κ2) is 7.86. The van der Waals surface area contributed by atoms with Gasteiger partial charge in [0, 0.05) is 30.4 Å². The number of hydrogen-bond donors (Lipinski definition) is 2. The third-order valence-corrected chi connectivity index (χ3v) is 3.76. The maximum atomic E-state index is 5.43. The molecule has 0 aliphatic rings. The number of ether oxygens (including phenoxy) is 1. The van der Waals surface area contributed by atoms with Gasteiger partial charge in [0.1, 0.15) is 5.75 Å². The van der Waals surface area contributed by atoms with E-state index in [1.54, 1.807) is 14.2 Å². The lowest BCUT2D eigenvalue weighted by Gasteiger charge is -2.21. The van der Waals surface area contributed by atoms with E-state index < -0.39 is 0 Å². The Hall–Kier alpha value is -1.78. The van der Waals surface area contributed by atoms with Crippen LogP contribution < -0.4 is 15.4 Å². The standard InChI is InChI=1S/C16H28N4O/c1-10(2)13(5)20-16(17-6)19-9-14-12(4)15(21-7)11(3)8-18-14/h8,10,13H,9H2,1-7H3,(H2,17,19,20). The summed E-state index contributed by atoms with van der Waals surface area (Å²) in [5, 5.41) is 6.68. The fraction of sp³-hybridized carbons (Fsp3) is 0.625. The highest BCUT2D eigenvalue weighted by Crippen LogP contribution is 2.23. The summed E-state index contributed by atoms with van der Waals surface area (Å²) in [6.07, 6.45) is 1.84. The molecule has 0 aliphatic carbocycles. The maximum Gasteiger partial charge on any atom is 0.191 e. The molecule has 1 aromatic heterocycles. The van der Waals surface area contributed by atoms with Gasteiger partial charge in [-0.25, -0.2) is 0 Å². The molecule has 0 fully saturated rings. The van der Waals surface area contributed by atoms with Crippen LogP contribution in [0.25, 0.3) is 0 Å². The van der Waals surface area contributed by atoms with Crippen LogP contribution in [0.15, 0.2) is 11.2 Å². The van der Waals surface area contributed by atoms with Crippen LogP contribution in [0.3, 0.4) is 0 Å². The number of aryl methyl sites for hydroxylation is 1. The van der Waals surface area contributed by atoms with Crippen LogP contribution in [0.1, 0.15) is 37.6 Å². The van der Waals surface area contributed by atoms with Gasteiger partial charge in [0.25, 0.3) is 0 Å². The Morgan fingerprint density at radius 3 is 2.52 bits per heavy atom. The van der Waals surface area contributed by atoms with Crippen molar-refractivity contribution in [2.45, 2.75) is 47.2 Å². The molecule has 0 radical (unpaired) electrons. The third-order valence-electron chi connectivity index (χ3n) is 3.76. The van der Waals surface area contributed by atoms with Crippen molar-refractivity contribution in [2.75, 3.05) is 14.2 Å². The highest BCUT2D eigenvalue weighted by Gasteiger charge is 2.12. The Morgan fingerprint density at radius 2 is 2.00 bits per heavy atom. The van der Waals surface area contributed by atoms with Gasteiger partial charge < -0.3 is 15.4 Å². The van der Waals surface area contributed by atoms with E-state index in [4.69, 9.17) is 4.74 Å². The summed E-state index contributed by atoms with van der Waals surface area (Å²) in [7, 11) is 3.47. The van der Waals surface area contributed by atoms with Crippen molar-refractivity contribution in [3.05, 3.63) is 23.0 Å². The summed E-state index contributed by atoms with van der Waals surface area (Å²) >= 11 is 0. The van der Waals surface area contributed by atoms with Crippen LogP contribution in [0, 0.1) is 19.8 Å². The minimum absolute atomic E-state index is 0.359. The van der Waals surface area contributed by atoms with Crippen LogP contribution in [0.4, 0.5) is 0 Å². The Labute approximate surface area is 128 Å². The third kappa shape index (κ3) is 4.62. The minimum atomic E-state index is 0.359. The quantitative estimate of drug-likeness (QED) is 0.646. The second-order valence-corrected chi connectivity index (χ2v) is 5.65. The molecular formula is C16H28N4O. The van der Waals surface area contributed by atoms with Crippen LogP contribution >= 0.6 is 0 Å². The van der Waals surface area contributed by atoms with Gasteiger partial charge in [-0.1, -0.05) is 13.8 Å². The minimum Gasteiger partial charge on any atom is -0.496 e. The molecule has 0 amide bonds. The zero-order chi connectivity index (χ0) is 16.0. The summed E-state index contributed by atoms with van der Waals surface area (Å²) < 4.78 is 5.43. The SMILES string of the molecule is CN=C(NCc1ncc(C)c(OC)c1C)NC(C)C(C)C. The summed E-state index contributed by atoms with van der Waals surface area (Å²) in [6.45, 7) is 11.2. The molecule has 1 rings (SSSR count). The van der Waals surface area contributed by atoms with Gasteiger partial charge in [-0.15, -0.1) is 0 Å². The van der Waals surface area contributed by atoms with E-state index in [0.29, 0.717) is 18.5 Å². The van der Waals surface area contributed by atoms with Gasteiger partial charge >= 0.3 is 0 Å². The Kier molecular flexibility index (Phi) is 6.46. The number of rotatable bonds is 5. The molecule has 0 aromatic carbocycles. The molecule has 2 N–H and O–H groups in total. The van der Waals surface area contributed by atoms with Gasteiger partial charge in [0.05, 0.1) is 19.3 Å². The molecule has 1 atom stereocenters. The van der Waals surface area contributed by atoms with Crippen LogP contribution in [0.2, 0.25) is 0 Å². The zero-order valence-corrected chi connectivity index (χ0v) is 14.2. The lowest BCUT2D eigenvalue weighted by molar-refractivity contribution is 0.406. The van der Waals surface area contributed by atoms with Crippen molar-refractivity contribution in [1.29, 1.82) is 0 Å². The molecule has 0 bridgehead atoms. The first-order chi connectivity index (χ1) is 9.90. The number of nitrogens with zero attached hydrogens (tertiary/aromatic N) is 2. The summed E-state index contributed by atoms with van der Waals surface area (Å²) in [5.41, 5.74) is 3.09. The number of methoxy groups -OCH3 is 1. The molecule has 1 heterocycles. The molecule has 5 nitrogen and oxygen atoms in total. The Balaban J connectivity index is 2.74. The average molecular weight is 292 g/mol. The molecule has 118 valence electrons. The van der Waals surface area contributed by atoms with E-state index >= 15 is 0 Å². The number of pyridine rings is 1. The number of aliphatic imine (C=N–C) groups is 1. The molecule has 21 heavy (non-hydrogen) atoms. The van der Waals surface area contributed by atoms with E-state index in [1.807, 2.05) is 20.0 Å². The maximum absolute atomic E-state index is 5.43. The van der Waals surface area contributed by atoms with E-state index in [-0.39, 0.29) is 0 Å². The Morgan fingerprint density at radius 1 is 1.33 bits per heavy atom. The average Bonchev–Trinajstić information content (AvgIpc) is 2.45. The predicted molar refractivity (Wildman–Crippen MR) is 87.9 cm³/mol. The van der Waals surface area contributed by atoms with E-state index in [1.165, 1.54) is 0 Å². The smallest absolute Gasteiger partial charge is 0.191 e.